The zero-order valence-corrected chi connectivity index (χ0v) is 12.3. The van der Waals surface area contributed by atoms with Crippen LogP contribution in [0.2, 0.25) is 0 Å². The molecule has 2 amide bonds. The van der Waals surface area contributed by atoms with Gasteiger partial charge in [-0.15, -0.1) is 0 Å². The Morgan fingerprint density at radius 1 is 1.28 bits per heavy atom. The van der Waals surface area contributed by atoms with Crippen LogP contribution in [0.3, 0.4) is 0 Å². The molecule has 106 valence electrons. The Morgan fingerprint density at radius 2 is 1.83 bits per heavy atom. The Balaban J connectivity index is 3.91. The van der Waals surface area contributed by atoms with E-state index in [0.29, 0.717) is 18.8 Å². The number of hydrogen-bond donors (Lipinski definition) is 3. The van der Waals surface area contributed by atoms with Gasteiger partial charge in [-0.2, -0.15) is 11.8 Å². The van der Waals surface area contributed by atoms with Gasteiger partial charge in [-0.05, 0) is 27.3 Å². The van der Waals surface area contributed by atoms with E-state index in [4.69, 9.17) is 0 Å². The molecule has 0 rings (SSSR count). The summed E-state index contributed by atoms with van der Waals surface area (Å²) in [6.07, 6.45) is 1.87. The number of carbonyl (C=O) groups excluding carboxylic acids is 2. The summed E-state index contributed by atoms with van der Waals surface area (Å²) >= 11 is 1.48. The van der Waals surface area contributed by atoms with Gasteiger partial charge in [0.25, 0.3) is 0 Å². The average molecular weight is 277 g/mol. The lowest BCUT2D eigenvalue weighted by atomic mass is 10.1. The maximum Gasteiger partial charge on any atom is 0.309 e. The van der Waals surface area contributed by atoms with Crippen molar-refractivity contribution in [1.29, 1.82) is 0 Å². The molecule has 0 radical (unpaired) electrons. The van der Waals surface area contributed by atoms with Crippen LogP contribution < -0.4 is 10.6 Å². The molecule has 0 fully saturated rings. The predicted molar refractivity (Wildman–Crippen MR) is 73.6 cm³/mol. The Labute approximate surface area is 112 Å². The van der Waals surface area contributed by atoms with Gasteiger partial charge in [0.1, 0.15) is 0 Å². The second kappa shape index (κ2) is 8.34. The minimum Gasteiger partial charge on any atom is -0.387 e. The van der Waals surface area contributed by atoms with Gasteiger partial charge in [-0.3, -0.25) is 9.59 Å². The summed E-state index contributed by atoms with van der Waals surface area (Å²) in [6.45, 7) is 2.77. The summed E-state index contributed by atoms with van der Waals surface area (Å²) < 4.78 is 0. The molecule has 0 spiro atoms. The van der Waals surface area contributed by atoms with Crippen molar-refractivity contribution in [1.82, 2.24) is 15.5 Å². The molecule has 1 unspecified atom stereocenters. The first-order valence-electron chi connectivity index (χ1n) is 5.70. The third kappa shape index (κ3) is 8.32. The Morgan fingerprint density at radius 3 is 2.33 bits per heavy atom. The van der Waals surface area contributed by atoms with Gasteiger partial charge in [0.15, 0.2) is 0 Å². The highest BCUT2D eigenvalue weighted by Gasteiger charge is 2.22. The first kappa shape index (κ1) is 17.2. The zero-order chi connectivity index (χ0) is 14.2. The molecule has 0 heterocycles. The van der Waals surface area contributed by atoms with Crippen molar-refractivity contribution in [3.63, 3.8) is 0 Å². The van der Waals surface area contributed by atoms with E-state index in [9.17, 15) is 14.7 Å². The maximum absolute atomic E-state index is 11.4. The molecule has 18 heavy (non-hydrogen) atoms. The third-order valence-corrected chi connectivity index (χ3v) is 3.05. The largest absolute Gasteiger partial charge is 0.387 e. The monoisotopic (exact) mass is 277 g/mol. The van der Waals surface area contributed by atoms with Crippen LogP contribution in [-0.2, 0) is 9.59 Å². The average Bonchev–Trinajstić information content (AvgIpc) is 2.25. The van der Waals surface area contributed by atoms with Gasteiger partial charge in [-0.1, -0.05) is 0 Å². The molecule has 6 nitrogen and oxygen atoms in total. The molecule has 0 saturated carbocycles. The van der Waals surface area contributed by atoms with Crippen molar-refractivity contribution < 1.29 is 14.7 Å². The molecular formula is C11H23N3O3S. The van der Waals surface area contributed by atoms with Crippen LogP contribution in [0.15, 0.2) is 0 Å². The van der Waals surface area contributed by atoms with Crippen molar-refractivity contribution in [2.75, 3.05) is 45.7 Å². The summed E-state index contributed by atoms with van der Waals surface area (Å²) in [7, 11) is 3.76. The van der Waals surface area contributed by atoms with E-state index in [0.717, 1.165) is 0 Å². The highest BCUT2D eigenvalue weighted by atomic mass is 32.2. The molecule has 1 atom stereocenters. The quantitative estimate of drug-likeness (QED) is 0.514. The summed E-state index contributed by atoms with van der Waals surface area (Å²) in [4.78, 5) is 24.7. The molecule has 0 aromatic rings. The summed E-state index contributed by atoms with van der Waals surface area (Å²) in [5.74, 6) is -0.887. The number of nitrogens with zero attached hydrogens (tertiary/aromatic N) is 1. The number of carbonyl (C=O) groups is 2. The normalized spacial score (nSPS) is 14.1. The van der Waals surface area contributed by atoms with Crippen molar-refractivity contribution in [2.45, 2.75) is 12.5 Å². The molecule has 0 aliphatic heterocycles. The van der Waals surface area contributed by atoms with Crippen LogP contribution in [-0.4, -0.2) is 73.2 Å². The van der Waals surface area contributed by atoms with E-state index in [1.54, 1.807) is 6.92 Å². The Kier molecular flexibility index (Phi) is 7.97. The van der Waals surface area contributed by atoms with Gasteiger partial charge in [0.2, 0.25) is 0 Å². The van der Waals surface area contributed by atoms with E-state index in [-0.39, 0.29) is 6.54 Å². The molecule has 0 aliphatic rings. The molecule has 0 saturated heterocycles. The van der Waals surface area contributed by atoms with Crippen molar-refractivity contribution >= 4 is 23.6 Å². The molecule has 0 aromatic carbocycles. The number of nitrogens with one attached hydrogen (secondary N) is 2. The molecule has 0 bridgehead atoms. The van der Waals surface area contributed by atoms with Gasteiger partial charge < -0.3 is 20.6 Å². The lowest BCUT2D eigenvalue weighted by Gasteiger charge is -2.22. The SMILES string of the molecule is CSCC(C)(O)CNC(=O)C(=O)NCCN(C)C. The number of rotatable bonds is 7. The molecule has 7 heteroatoms. The molecule has 0 aromatic heterocycles. The zero-order valence-electron chi connectivity index (χ0n) is 11.4. The van der Waals surface area contributed by atoms with Crippen LogP contribution in [0.25, 0.3) is 0 Å². The minimum absolute atomic E-state index is 0.0633. The topological polar surface area (TPSA) is 81.7 Å². The second-order valence-corrected chi connectivity index (χ2v) is 5.54. The third-order valence-electron chi connectivity index (χ3n) is 2.14. The number of aliphatic hydroxyl groups is 1. The van der Waals surface area contributed by atoms with E-state index in [1.165, 1.54) is 11.8 Å². The van der Waals surface area contributed by atoms with Gasteiger partial charge in [-0.25, -0.2) is 0 Å². The van der Waals surface area contributed by atoms with Gasteiger partial charge in [0, 0.05) is 25.4 Å². The van der Waals surface area contributed by atoms with Crippen LogP contribution in [0.5, 0.6) is 0 Å². The summed E-state index contributed by atoms with van der Waals surface area (Å²) in [6, 6.07) is 0. The highest BCUT2D eigenvalue weighted by Crippen LogP contribution is 2.08. The van der Waals surface area contributed by atoms with Crippen molar-refractivity contribution in [2.24, 2.45) is 0 Å². The second-order valence-electron chi connectivity index (χ2n) is 4.67. The summed E-state index contributed by atoms with van der Waals surface area (Å²) in [5.41, 5.74) is -1.00. The minimum atomic E-state index is -1.00. The number of thioether (sulfide) groups is 1. The van der Waals surface area contributed by atoms with Gasteiger partial charge in [0.05, 0.1) is 5.60 Å². The van der Waals surface area contributed by atoms with Gasteiger partial charge >= 0.3 is 11.8 Å². The fourth-order valence-corrected chi connectivity index (χ4v) is 1.91. The molecule has 0 aliphatic carbocycles. The van der Waals surface area contributed by atoms with E-state index < -0.39 is 17.4 Å². The number of amides is 2. The summed E-state index contributed by atoms with van der Waals surface area (Å²) in [5, 5.41) is 14.7. The standard InChI is InChI=1S/C11H23N3O3S/c1-11(17,8-18-4)7-13-10(16)9(15)12-5-6-14(2)3/h17H,5-8H2,1-4H3,(H,12,15)(H,13,16). The first-order valence-corrected chi connectivity index (χ1v) is 7.10. The maximum atomic E-state index is 11.4. The van der Waals surface area contributed by atoms with E-state index in [2.05, 4.69) is 10.6 Å². The smallest absolute Gasteiger partial charge is 0.309 e. The first-order chi connectivity index (χ1) is 8.28. The molecular weight excluding hydrogens is 254 g/mol. The van der Waals surface area contributed by atoms with Crippen LogP contribution in [0.1, 0.15) is 6.92 Å². The molecule has 3 N–H and O–H groups in total. The van der Waals surface area contributed by atoms with E-state index >= 15 is 0 Å². The fourth-order valence-electron chi connectivity index (χ4n) is 1.19. The predicted octanol–water partition coefficient (Wildman–Crippen LogP) is -1.11. The fraction of sp³-hybridized carbons (Fsp3) is 0.818. The van der Waals surface area contributed by atoms with Crippen LogP contribution in [0.4, 0.5) is 0 Å². The van der Waals surface area contributed by atoms with Crippen molar-refractivity contribution in [3.8, 4) is 0 Å². The van der Waals surface area contributed by atoms with E-state index in [1.807, 2.05) is 25.3 Å². The van der Waals surface area contributed by atoms with Crippen LogP contribution in [0, 0.1) is 0 Å². The highest BCUT2D eigenvalue weighted by molar-refractivity contribution is 7.98. The van der Waals surface area contributed by atoms with Crippen LogP contribution >= 0.6 is 11.8 Å². The van der Waals surface area contributed by atoms with Crippen molar-refractivity contribution in [3.05, 3.63) is 0 Å². The number of hydrogen-bond acceptors (Lipinski definition) is 5. The number of likely N-dealkylation sites (N-methyl/N-ethyl adjacent to an activating group) is 1. The lowest BCUT2D eigenvalue weighted by molar-refractivity contribution is -0.139. The lowest BCUT2D eigenvalue weighted by Crippen LogP contribution is -2.48. The Bertz CT molecular complexity index is 283. The Hall–Kier alpha value is -0.790.